The first-order valence-corrected chi connectivity index (χ1v) is 10.1. The van der Waals surface area contributed by atoms with Gasteiger partial charge in [-0.3, -0.25) is 4.68 Å². The van der Waals surface area contributed by atoms with E-state index in [0.717, 1.165) is 11.3 Å². The SMILES string of the molecule is CNc1nc(Nc2cccc(-c3ncn(C)n3)c2)nc2c1ncn2C(=O)NCc1ccco1. The Morgan fingerprint density at radius 2 is 2.03 bits per heavy atom. The van der Waals surface area contributed by atoms with Crippen molar-refractivity contribution < 1.29 is 9.21 Å². The van der Waals surface area contributed by atoms with Gasteiger partial charge in [0.05, 0.1) is 12.8 Å². The molecule has 0 spiro atoms. The third-order valence-electron chi connectivity index (χ3n) is 4.82. The monoisotopic (exact) mass is 444 g/mol. The van der Waals surface area contributed by atoms with E-state index in [9.17, 15) is 4.79 Å². The maximum Gasteiger partial charge on any atom is 0.328 e. The quantitative estimate of drug-likeness (QED) is 0.360. The van der Waals surface area contributed by atoms with E-state index >= 15 is 0 Å². The second kappa shape index (κ2) is 8.42. The lowest BCUT2D eigenvalue weighted by Gasteiger charge is -2.09. The van der Waals surface area contributed by atoms with E-state index in [1.165, 1.54) is 10.9 Å². The van der Waals surface area contributed by atoms with Crippen LogP contribution in [-0.4, -0.2) is 47.4 Å². The van der Waals surface area contributed by atoms with E-state index < -0.39 is 0 Å². The first kappa shape index (κ1) is 20.2. The Bertz CT molecular complexity index is 1420. The summed E-state index contributed by atoms with van der Waals surface area (Å²) in [5.74, 6) is 2.05. The molecule has 0 radical (unpaired) electrons. The number of carbonyl (C=O) groups excluding carboxylic acids is 1. The van der Waals surface area contributed by atoms with Crippen LogP contribution in [-0.2, 0) is 13.6 Å². The fourth-order valence-corrected chi connectivity index (χ4v) is 3.28. The summed E-state index contributed by atoms with van der Waals surface area (Å²) in [4.78, 5) is 30.3. The second-order valence-corrected chi connectivity index (χ2v) is 7.12. The number of aryl methyl sites for hydroxylation is 1. The molecule has 3 N–H and O–H groups in total. The highest BCUT2D eigenvalue weighted by molar-refractivity contribution is 5.92. The van der Waals surface area contributed by atoms with Crippen molar-refractivity contribution in [3.8, 4) is 11.4 Å². The summed E-state index contributed by atoms with van der Waals surface area (Å²) < 4.78 is 8.23. The van der Waals surface area contributed by atoms with E-state index in [1.54, 1.807) is 36.5 Å². The van der Waals surface area contributed by atoms with Crippen LogP contribution in [0.2, 0.25) is 0 Å². The Hall–Kier alpha value is -4.74. The van der Waals surface area contributed by atoms with Crippen LogP contribution in [0.4, 0.5) is 22.2 Å². The number of amides is 1. The van der Waals surface area contributed by atoms with Crippen LogP contribution < -0.4 is 16.0 Å². The Balaban J connectivity index is 1.44. The van der Waals surface area contributed by atoms with Crippen LogP contribution in [0, 0.1) is 0 Å². The molecule has 0 bridgehead atoms. The fraction of sp³-hybridized carbons (Fsp3) is 0.143. The normalized spacial score (nSPS) is 11.0. The standard InChI is InChI=1S/C21H20N10O2/c1-22-18-16-19(31(12-24-16)21(32)23-10-15-7-4-8-33-15)28-20(27-18)26-14-6-3-5-13(9-14)17-25-11-30(2)29-17/h3-9,11-12H,10H2,1-2H3,(H,23,32)(H2,22,26,27,28). The first-order valence-electron chi connectivity index (χ1n) is 10.1. The summed E-state index contributed by atoms with van der Waals surface area (Å²) in [5, 5.41) is 13.3. The molecule has 4 aromatic heterocycles. The van der Waals surface area contributed by atoms with Gasteiger partial charge in [-0.05, 0) is 24.3 Å². The smallest absolute Gasteiger partial charge is 0.328 e. The molecule has 0 aliphatic heterocycles. The van der Waals surface area contributed by atoms with Crippen LogP contribution in [0.15, 0.2) is 59.7 Å². The number of hydrogen-bond donors (Lipinski definition) is 3. The molecular weight excluding hydrogens is 424 g/mol. The van der Waals surface area contributed by atoms with Gasteiger partial charge in [0, 0.05) is 25.3 Å². The maximum absolute atomic E-state index is 12.7. The van der Waals surface area contributed by atoms with Crippen molar-refractivity contribution in [2.45, 2.75) is 6.54 Å². The average Bonchev–Trinajstić information content (AvgIpc) is 3.58. The number of rotatable bonds is 6. The molecule has 4 heterocycles. The lowest BCUT2D eigenvalue weighted by Crippen LogP contribution is -2.27. The largest absolute Gasteiger partial charge is 0.467 e. The van der Waals surface area contributed by atoms with Gasteiger partial charge in [0.1, 0.15) is 18.4 Å². The number of carbonyl (C=O) groups is 1. The minimum Gasteiger partial charge on any atom is -0.467 e. The predicted octanol–water partition coefficient (Wildman–Crippen LogP) is 2.76. The molecule has 1 amide bonds. The fourth-order valence-electron chi connectivity index (χ4n) is 3.28. The minimum absolute atomic E-state index is 0.245. The van der Waals surface area contributed by atoms with Crippen molar-refractivity contribution >= 4 is 34.6 Å². The van der Waals surface area contributed by atoms with Crippen LogP contribution in [0.5, 0.6) is 0 Å². The van der Waals surface area contributed by atoms with Crippen molar-refractivity contribution in [1.29, 1.82) is 0 Å². The zero-order valence-electron chi connectivity index (χ0n) is 17.9. The van der Waals surface area contributed by atoms with Gasteiger partial charge in [-0.25, -0.2) is 19.3 Å². The molecule has 33 heavy (non-hydrogen) atoms. The summed E-state index contributed by atoms with van der Waals surface area (Å²) >= 11 is 0. The number of furan rings is 1. The van der Waals surface area contributed by atoms with E-state index in [1.807, 2.05) is 31.3 Å². The molecule has 0 unspecified atom stereocenters. The highest BCUT2D eigenvalue weighted by Crippen LogP contribution is 2.24. The van der Waals surface area contributed by atoms with Crippen LogP contribution in [0.3, 0.4) is 0 Å². The van der Waals surface area contributed by atoms with Crippen molar-refractivity contribution in [3.63, 3.8) is 0 Å². The van der Waals surface area contributed by atoms with Gasteiger partial charge in [0.25, 0.3) is 0 Å². The molecule has 12 nitrogen and oxygen atoms in total. The summed E-state index contributed by atoms with van der Waals surface area (Å²) in [7, 11) is 3.55. The van der Waals surface area contributed by atoms with Crippen molar-refractivity contribution in [2.24, 2.45) is 7.05 Å². The molecule has 0 aliphatic carbocycles. The van der Waals surface area contributed by atoms with Gasteiger partial charge >= 0.3 is 6.03 Å². The van der Waals surface area contributed by atoms with E-state index in [-0.39, 0.29) is 12.6 Å². The maximum atomic E-state index is 12.7. The number of fused-ring (bicyclic) bond motifs is 1. The second-order valence-electron chi connectivity index (χ2n) is 7.12. The van der Waals surface area contributed by atoms with Crippen molar-refractivity contribution in [3.05, 3.63) is 61.1 Å². The molecule has 0 fully saturated rings. The molecule has 0 saturated carbocycles. The number of benzene rings is 1. The van der Waals surface area contributed by atoms with E-state index in [2.05, 4.69) is 41.0 Å². The molecule has 0 saturated heterocycles. The summed E-state index contributed by atoms with van der Waals surface area (Å²) in [6.07, 6.45) is 4.61. The highest BCUT2D eigenvalue weighted by Gasteiger charge is 2.17. The number of nitrogens with one attached hydrogen (secondary N) is 3. The molecule has 5 rings (SSSR count). The van der Waals surface area contributed by atoms with Gasteiger partial charge in [-0.15, -0.1) is 0 Å². The van der Waals surface area contributed by atoms with E-state index in [4.69, 9.17) is 4.42 Å². The zero-order chi connectivity index (χ0) is 22.8. The molecule has 12 heteroatoms. The van der Waals surface area contributed by atoms with Crippen molar-refractivity contribution in [1.82, 2.24) is 39.6 Å². The molecule has 166 valence electrons. The number of nitrogens with zero attached hydrogens (tertiary/aromatic N) is 7. The Labute approximate surface area is 187 Å². The third kappa shape index (κ3) is 4.08. The van der Waals surface area contributed by atoms with Gasteiger partial charge < -0.3 is 20.4 Å². The van der Waals surface area contributed by atoms with Gasteiger partial charge in [-0.1, -0.05) is 12.1 Å². The number of anilines is 3. The summed E-state index contributed by atoms with van der Waals surface area (Å²) in [6, 6.07) is 10.7. The zero-order valence-corrected chi connectivity index (χ0v) is 17.9. The number of hydrogen-bond acceptors (Lipinski definition) is 9. The molecule has 0 atom stereocenters. The lowest BCUT2D eigenvalue weighted by atomic mass is 10.2. The molecular formula is C21H20N10O2. The lowest BCUT2D eigenvalue weighted by molar-refractivity contribution is 0.241. The summed E-state index contributed by atoms with van der Waals surface area (Å²) in [5.41, 5.74) is 2.42. The Morgan fingerprint density at radius 1 is 1.12 bits per heavy atom. The van der Waals surface area contributed by atoms with Crippen molar-refractivity contribution in [2.75, 3.05) is 17.7 Å². The average molecular weight is 444 g/mol. The topological polar surface area (TPSA) is 141 Å². The molecule has 5 aromatic rings. The third-order valence-corrected chi connectivity index (χ3v) is 4.82. The van der Waals surface area contributed by atoms with Gasteiger partial charge in [0.15, 0.2) is 22.8 Å². The van der Waals surface area contributed by atoms with Crippen LogP contribution in [0.1, 0.15) is 5.76 Å². The van der Waals surface area contributed by atoms with Crippen LogP contribution >= 0.6 is 0 Å². The van der Waals surface area contributed by atoms with Crippen LogP contribution in [0.25, 0.3) is 22.6 Å². The van der Waals surface area contributed by atoms with Gasteiger partial charge in [0.2, 0.25) is 5.95 Å². The van der Waals surface area contributed by atoms with E-state index in [0.29, 0.717) is 34.5 Å². The Kier molecular flexibility index (Phi) is 5.15. The minimum atomic E-state index is -0.385. The predicted molar refractivity (Wildman–Crippen MR) is 121 cm³/mol. The number of imidazole rings is 1. The highest BCUT2D eigenvalue weighted by atomic mass is 16.3. The molecule has 1 aromatic carbocycles. The Morgan fingerprint density at radius 3 is 2.79 bits per heavy atom. The summed E-state index contributed by atoms with van der Waals surface area (Å²) in [6.45, 7) is 0.245. The molecule has 0 aliphatic rings. The number of aromatic nitrogens is 7. The first-order chi connectivity index (χ1) is 16.1. The van der Waals surface area contributed by atoms with Gasteiger partial charge in [-0.2, -0.15) is 15.1 Å².